The zero-order valence-electron chi connectivity index (χ0n) is 13.2. The van der Waals surface area contributed by atoms with Crippen molar-refractivity contribution < 1.29 is 9.47 Å². The Hall–Kier alpha value is -2.27. The number of ether oxygens (including phenoxy) is 2. The lowest BCUT2D eigenvalue weighted by Crippen LogP contribution is -2.19. The molecule has 0 aromatic heterocycles. The second-order valence-corrected chi connectivity index (χ2v) is 5.43. The van der Waals surface area contributed by atoms with E-state index in [0.717, 1.165) is 11.4 Å². The van der Waals surface area contributed by atoms with Crippen LogP contribution in [0.4, 0.5) is 11.4 Å². The molecule has 0 heterocycles. The Kier molecular flexibility index (Phi) is 5.22. The fourth-order valence-corrected chi connectivity index (χ4v) is 2.49. The maximum absolute atomic E-state index is 5.35. The van der Waals surface area contributed by atoms with Gasteiger partial charge in [0.1, 0.15) is 0 Å². The van der Waals surface area contributed by atoms with E-state index in [4.69, 9.17) is 21.7 Å². The maximum atomic E-state index is 5.35. The van der Waals surface area contributed by atoms with Crippen LogP contribution in [-0.4, -0.2) is 19.3 Å². The van der Waals surface area contributed by atoms with E-state index in [0.29, 0.717) is 16.6 Å². The molecule has 0 saturated heterocycles. The number of nitrogens with one attached hydrogen (secondary N) is 2. The first-order valence-electron chi connectivity index (χ1n) is 6.90. The first-order chi connectivity index (χ1) is 10.5. The van der Waals surface area contributed by atoms with Gasteiger partial charge in [-0.1, -0.05) is 6.07 Å². The van der Waals surface area contributed by atoms with E-state index in [9.17, 15) is 0 Å². The number of anilines is 2. The lowest BCUT2D eigenvalue weighted by atomic mass is 10.1. The number of aryl methyl sites for hydroxylation is 2. The zero-order chi connectivity index (χ0) is 16.1. The highest BCUT2D eigenvalue weighted by atomic mass is 32.1. The number of thiocarbonyl (C=S) groups is 1. The average Bonchev–Trinajstić information content (AvgIpc) is 2.45. The lowest BCUT2D eigenvalue weighted by Gasteiger charge is -2.14. The second kappa shape index (κ2) is 7.13. The molecule has 0 amide bonds. The van der Waals surface area contributed by atoms with Crippen molar-refractivity contribution in [3.8, 4) is 11.5 Å². The molecule has 0 spiro atoms. The molecular formula is C17H20N2O2S. The molecule has 22 heavy (non-hydrogen) atoms. The molecule has 2 N–H and O–H groups in total. The fourth-order valence-electron chi connectivity index (χ4n) is 2.25. The molecule has 0 atom stereocenters. The lowest BCUT2D eigenvalue weighted by molar-refractivity contribution is 0.355. The van der Waals surface area contributed by atoms with E-state index in [-0.39, 0.29) is 0 Å². The number of benzene rings is 2. The third-order valence-electron chi connectivity index (χ3n) is 3.12. The number of rotatable bonds is 4. The molecule has 2 rings (SSSR count). The highest BCUT2D eigenvalue weighted by Gasteiger charge is 2.06. The fraction of sp³-hybridized carbons (Fsp3) is 0.235. The van der Waals surface area contributed by atoms with Crippen LogP contribution in [0, 0.1) is 13.8 Å². The van der Waals surface area contributed by atoms with Crippen LogP contribution >= 0.6 is 12.2 Å². The highest BCUT2D eigenvalue weighted by Crippen LogP contribution is 2.29. The van der Waals surface area contributed by atoms with Gasteiger partial charge in [0.15, 0.2) is 16.6 Å². The quantitative estimate of drug-likeness (QED) is 0.830. The number of methoxy groups -OCH3 is 2. The van der Waals surface area contributed by atoms with Crippen molar-refractivity contribution >= 4 is 28.7 Å². The van der Waals surface area contributed by atoms with E-state index < -0.39 is 0 Å². The first kappa shape index (κ1) is 16.1. The molecule has 116 valence electrons. The SMILES string of the molecule is COc1ccc(NC(=S)Nc2cc(C)cc(C)c2)cc1OC. The van der Waals surface area contributed by atoms with Crippen molar-refractivity contribution in [2.24, 2.45) is 0 Å². The Labute approximate surface area is 136 Å². The summed E-state index contributed by atoms with van der Waals surface area (Å²) in [5.74, 6) is 1.34. The van der Waals surface area contributed by atoms with Crippen LogP contribution in [0.25, 0.3) is 0 Å². The van der Waals surface area contributed by atoms with Crippen LogP contribution in [0.5, 0.6) is 11.5 Å². The standard InChI is InChI=1S/C17H20N2O2S/c1-11-7-12(2)9-14(8-11)19-17(22)18-13-5-6-15(20-3)16(10-13)21-4/h5-10H,1-4H3,(H2,18,19,22). The topological polar surface area (TPSA) is 42.5 Å². The molecule has 0 unspecified atom stereocenters. The Bertz CT molecular complexity index is 666. The summed E-state index contributed by atoms with van der Waals surface area (Å²) >= 11 is 5.35. The van der Waals surface area contributed by atoms with Crippen LogP contribution in [0.3, 0.4) is 0 Å². The third-order valence-corrected chi connectivity index (χ3v) is 3.33. The molecule has 2 aromatic rings. The minimum Gasteiger partial charge on any atom is -0.493 e. The van der Waals surface area contributed by atoms with Gasteiger partial charge in [0, 0.05) is 17.4 Å². The van der Waals surface area contributed by atoms with Crippen molar-refractivity contribution in [1.29, 1.82) is 0 Å². The van der Waals surface area contributed by atoms with Crippen molar-refractivity contribution in [2.45, 2.75) is 13.8 Å². The summed E-state index contributed by atoms with van der Waals surface area (Å²) in [5, 5.41) is 6.85. The van der Waals surface area contributed by atoms with Crippen molar-refractivity contribution in [1.82, 2.24) is 0 Å². The van der Waals surface area contributed by atoms with Crippen molar-refractivity contribution in [2.75, 3.05) is 24.9 Å². The summed E-state index contributed by atoms with van der Waals surface area (Å²) in [5.41, 5.74) is 4.18. The normalized spacial score (nSPS) is 10.0. The Morgan fingerprint density at radius 2 is 1.41 bits per heavy atom. The van der Waals surface area contributed by atoms with Crippen LogP contribution in [-0.2, 0) is 0 Å². The summed E-state index contributed by atoms with van der Waals surface area (Å²) in [6.45, 7) is 4.12. The highest BCUT2D eigenvalue weighted by molar-refractivity contribution is 7.80. The van der Waals surface area contributed by atoms with Crippen LogP contribution in [0.15, 0.2) is 36.4 Å². The summed E-state index contributed by atoms with van der Waals surface area (Å²) in [4.78, 5) is 0. The summed E-state index contributed by atoms with van der Waals surface area (Å²) in [6, 6.07) is 11.8. The van der Waals surface area contributed by atoms with Crippen LogP contribution < -0.4 is 20.1 Å². The molecular weight excluding hydrogens is 296 g/mol. The third kappa shape index (κ3) is 4.11. The molecule has 2 aromatic carbocycles. The molecule has 0 saturated carbocycles. The van der Waals surface area contributed by atoms with E-state index in [1.165, 1.54) is 11.1 Å². The van der Waals surface area contributed by atoms with Crippen LogP contribution in [0.1, 0.15) is 11.1 Å². The van der Waals surface area contributed by atoms with Gasteiger partial charge < -0.3 is 20.1 Å². The average molecular weight is 316 g/mol. The smallest absolute Gasteiger partial charge is 0.175 e. The van der Waals surface area contributed by atoms with Gasteiger partial charge in [0.2, 0.25) is 0 Å². The Morgan fingerprint density at radius 3 is 2.00 bits per heavy atom. The maximum Gasteiger partial charge on any atom is 0.175 e. The van der Waals surface area contributed by atoms with Crippen molar-refractivity contribution in [3.05, 3.63) is 47.5 Å². The van der Waals surface area contributed by atoms with Gasteiger partial charge in [0.05, 0.1) is 14.2 Å². The molecule has 0 aliphatic rings. The molecule has 0 radical (unpaired) electrons. The second-order valence-electron chi connectivity index (χ2n) is 5.03. The molecule has 0 aliphatic heterocycles. The summed E-state index contributed by atoms with van der Waals surface area (Å²) < 4.78 is 10.5. The Balaban J connectivity index is 2.08. The van der Waals surface area contributed by atoms with Gasteiger partial charge in [-0.05, 0) is 61.5 Å². The first-order valence-corrected chi connectivity index (χ1v) is 7.31. The Morgan fingerprint density at radius 1 is 0.818 bits per heavy atom. The predicted molar refractivity (Wildman–Crippen MR) is 95.3 cm³/mol. The minimum absolute atomic E-state index is 0.525. The summed E-state index contributed by atoms with van der Waals surface area (Å²) in [6.07, 6.45) is 0. The van der Waals surface area contributed by atoms with Gasteiger partial charge in [-0.25, -0.2) is 0 Å². The number of hydrogen-bond acceptors (Lipinski definition) is 3. The zero-order valence-corrected chi connectivity index (χ0v) is 14.0. The predicted octanol–water partition coefficient (Wildman–Crippen LogP) is 4.13. The molecule has 0 bridgehead atoms. The van der Waals surface area contributed by atoms with E-state index in [2.05, 4.69) is 42.7 Å². The molecule has 4 nitrogen and oxygen atoms in total. The number of hydrogen-bond donors (Lipinski definition) is 2. The van der Waals surface area contributed by atoms with Gasteiger partial charge in [-0.3, -0.25) is 0 Å². The molecule has 5 heteroatoms. The molecule has 0 fully saturated rings. The minimum atomic E-state index is 0.525. The van der Waals surface area contributed by atoms with Gasteiger partial charge >= 0.3 is 0 Å². The van der Waals surface area contributed by atoms with Gasteiger partial charge in [-0.2, -0.15) is 0 Å². The van der Waals surface area contributed by atoms with Crippen molar-refractivity contribution in [3.63, 3.8) is 0 Å². The summed E-state index contributed by atoms with van der Waals surface area (Å²) in [7, 11) is 3.21. The molecule has 0 aliphatic carbocycles. The van der Waals surface area contributed by atoms with E-state index in [1.807, 2.05) is 18.2 Å². The van der Waals surface area contributed by atoms with E-state index in [1.54, 1.807) is 14.2 Å². The van der Waals surface area contributed by atoms with Gasteiger partial charge in [-0.15, -0.1) is 0 Å². The monoisotopic (exact) mass is 316 g/mol. The largest absolute Gasteiger partial charge is 0.493 e. The van der Waals surface area contributed by atoms with Crippen LogP contribution in [0.2, 0.25) is 0 Å². The van der Waals surface area contributed by atoms with Gasteiger partial charge in [0.25, 0.3) is 0 Å². The van der Waals surface area contributed by atoms with E-state index >= 15 is 0 Å².